The third kappa shape index (κ3) is 7.25. The zero-order chi connectivity index (χ0) is 25.6. The van der Waals surface area contributed by atoms with Gasteiger partial charge in [0, 0.05) is 24.2 Å². The van der Waals surface area contributed by atoms with E-state index in [0.29, 0.717) is 24.3 Å². The number of aromatic nitrogens is 1. The van der Waals surface area contributed by atoms with Gasteiger partial charge in [-0.25, -0.2) is 4.98 Å². The van der Waals surface area contributed by atoms with E-state index in [1.807, 2.05) is 12.1 Å². The van der Waals surface area contributed by atoms with Gasteiger partial charge in [0.15, 0.2) is 0 Å². The number of nitrogen functional groups attached to an aromatic ring is 1. The predicted molar refractivity (Wildman–Crippen MR) is 155 cm³/mol. The summed E-state index contributed by atoms with van der Waals surface area (Å²) in [7, 11) is 0. The first-order valence-corrected chi connectivity index (χ1v) is 14.5. The van der Waals surface area contributed by atoms with Gasteiger partial charge >= 0.3 is 0 Å². The number of nitrogens with one attached hydrogen (secondary N) is 2. The van der Waals surface area contributed by atoms with Crippen molar-refractivity contribution in [3.63, 3.8) is 0 Å². The number of halogens is 1. The van der Waals surface area contributed by atoms with E-state index in [1.165, 1.54) is 51.4 Å². The van der Waals surface area contributed by atoms with Crippen molar-refractivity contribution in [1.82, 2.24) is 20.5 Å². The van der Waals surface area contributed by atoms with Crippen LogP contribution in [0.5, 0.6) is 0 Å². The van der Waals surface area contributed by atoms with Gasteiger partial charge in [-0.15, -0.1) is 12.4 Å². The van der Waals surface area contributed by atoms with Gasteiger partial charge in [-0.3, -0.25) is 19.8 Å². The lowest BCUT2D eigenvalue weighted by atomic mass is 9.84. The Labute approximate surface area is 233 Å². The highest BCUT2D eigenvalue weighted by atomic mass is 35.5. The second kappa shape index (κ2) is 13.7. The lowest BCUT2D eigenvalue weighted by Crippen LogP contribution is -2.54. The number of nitrogens with two attached hydrogens (primary N) is 1. The van der Waals surface area contributed by atoms with Crippen LogP contribution in [0.3, 0.4) is 0 Å². The van der Waals surface area contributed by atoms with Crippen molar-refractivity contribution in [3.8, 4) is 0 Å². The minimum absolute atomic E-state index is 0. The van der Waals surface area contributed by atoms with Gasteiger partial charge in [-0.05, 0) is 67.6 Å². The summed E-state index contributed by atoms with van der Waals surface area (Å²) in [5.41, 5.74) is 7.15. The molecule has 0 bridgehead atoms. The molecule has 2 atom stereocenters. The van der Waals surface area contributed by atoms with Crippen LogP contribution in [0.15, 0.2) is 30.5 Å². The predicted octanol–water partition coefficient (Wildman–Crippen LogP) is 5.11. The van der Waals surface area contributed by atoms with Crippen LogP contribution in [0.4, 0.5) is 5.82 Å². The first kappa shape index (κ1) is 28.8. The first-order chi connectivity index (χ1) is 18.1. The minimum Gasteiger partial charge on any atom is -0.383 e. The minimum atomic E-state index is -0.274. The van der Waals surface area contributed by atoms with Crippen LogP contribution in [-0.4, -0.2) is 46.4 Å². The number of pyridine rings is 1. The summed E-state index contributed by atoms with van der Waals surface area (Å²) in [5, 5.41) is 8.53. The Bertz CT molecular complexity index is 1060. The monoisotopic (exact) mass is 541 g/mol. The molecule has 2 aliphatic carbocycles. The number of anilines is 1. The van der Waals surface area contributed by atoms with Gasteiger partial charge in [0.25, 0.3) is 0 Å². The lowest BCUT2D eigenvalue weighted by molar-refractivity contribution is -0.134. The molecule has 1 aliphatic heterocycles. The fourth-order valence-electron chi connectivity index (χ4n) is 6.75. The molecule has 38 heavy (non-hydrogen) atoms. The Balaban J connectivity index is 0.00000336. The Morgan fingerprint density at radius 1 is 0.974 bits per heavy atom. The molecule has 4 N–H and O–H groups in total. The molecule has 2 heterocycles. The number of imide groups is 1. The van der Waals surface area contributed by atoms with E-state index in [4.69, 9.17) is 5.73 Å². The van der Waals surface area contributed by atoms with Crippen LogP contribution < -0.4 is 16.4 Å². The van der Waals surface area contributed by atoms with Crippen molar-refractivity contribution in [3.05, 3.63) is 36.0 Å². The first-order valence-electron chi connectivity index (χ1n) is 14.5. The van der Waals surface area contributed by atoms with E-state index < -0.39 is 0 Å². The number of benzene rings is 1. The number of likely N-dealkylation sites (tertiary alicyclic amines) is 1. The van der Waals surface area contributed by atoms with Crippen molar-refractivity contribution < 1.29 is 9.59 Å². The number of hydrogen-bond acceptors (Lipinski definition) is 6. The van der Waals surface area contributed by atoms with E-state index in [9.17, 15) is 9.59 Å². The molecule has 1 aromatic heterocycles. The SMILES string of the molecule is Cl.Nc1nccc2cc(CN3CCC[C@H]3C(=O)NC(=O)[C@@H](CC3CCCCC3)NC3CCCCC3)ccc12. The number of hydrogen-bond donors (Lipinski definition) is 3. The van der Waals surface area contributed by atoms with Gasteiger partial charge in [-0.2, -0.15) is 0 Å². The molecular weight excluding hydrogens is 498 g/mol. The Kier molecular flexibility index (Phi) is 10.4. The molecule has 8 heteroatoms. The smallest absolute Gasteiger partial charge is 0.243 e. The molecule has 2 amide bonds. The van der Waals surface area contributed by atoms with Crippen molar-refractivity contribution in [1.29, 1.82) is 0 Å². The van der Waals surface area contributed by atoms with Crippen LogP contribution in [0.1, 0.15) is 89.0 Å². The molecule has 0 spiro atoms. The summed E-state index contributed by atoms with van der Waals surface area (Å²) in [5.74, 6) is 0.846. The van der Waals surface area contributed by atoms with Crippen LogP contribution in [-0.2, 0) is 16.1 Å². The summed E-state index contributed by atoms with van der Waals surface area (Å²) in [6.07, 6.45) is 16.5. The number of nitrogens with zero attached hydrogens (tertiary/aromatic N) is 2. The topological polar surface area (TPSA) is 100 Å². The van der Waals surface area contributed by atoms with Crippen molar-refractivity contribution in [2.24, 2.45) is 5.92 Å². The van der Waals surface area contributed by atoms with E-state index in [0.717, 1.165) is 55.0 Å². The summed E-state index contributed by atoms with van der Waals surface area (Å²) >= 11 is 0. The average molecular weight is 542 g/mol. The zero-order valence-corrected chi connectivity index (χ0v) is 23.3. The van der Waals surface area contributed by atoms with Gasteiger partial charge in [0.05, 0.1) is 12.1 Å². The fraction of sp³-hybridized carbons (Fsp3) is 0.633. The Morgan fingerprint density at radius 3 is 2.47 bits per heavy atom. The summed E-state index contributed by atoms with van der Waals surface area (Å²) in [6, 6.07) is 8.01. The van der Waals surface area contributed by atoms with Crippen molar-refractivity contribution >= 4 is 40.8 Å². The highest BCUT2D eigenvalue weighted by Crippen LogP contribution is 2.29. The summed E-state index contributed by atoms with van der Waals surface area (Å²) in [4.78, 5) is 33.2. The Morgan fingerprint density at radius 2 is 1.71 bits per heavy atom. The number of carbonyl (C=O) groups excluding carboxylic acids is 2. The number of fused-ring (bicyclic) bond motifs is 1. The maximum Gasteiger partial charge on any atom is 0.243 e. The molecule has 7 nitrogen and oxygen atoms in total. The highest BCUT2D eigenvalue weighted by Gasteiger charge is 2.34. The van der Waals surface area contributed by atoms with Crippen LogP contribution in [0.2, 0.25) is 0 Å². The standard InChI is InChI=1S/C30H43N5O2.ClH/c31-28-25-14-13-22(18-23(25)15-16-32-28)20-35-17-7-12-27(35)30(37)34-29(36)26(19-21-8-3-1-4-9-21)33-24-10-5-2-6-11-24;/h13-16,18,21,24,26-27,33H,1-12,17,19-20H2,(H2,31,32)(H,34,36,37);1H/t26-,27+;/m1./s1. The third-order valence-electron chi connectivity index (χ3n) is 8.81. The van der Waals surface area contributed by atoms with Gasteiger partial charge < -0.3 is 11.1 Å². The van der Waals surface area contributed by atoms with Gasteiger partial charge in [0.1, 0.15) is 5.82 Å². The molecular formula is C30H44ClN5O2. The highest BCUT2D eigenvalue weighted by molar-refractivity contribution is 6.00. The molecule has 2 saturated carbocycles. The van der Waals surface area contributed by atoms with E-state index in [2.05, 4.69) is 32.7 Å². The zero-order valence-electron chi connectivity index (χ0n) is 22.5. The molecule has 0 unspecified atom stereocenters. The molecule has 1 aromatic carbocycles. The normalized spacial score (nSPS) is 22.2. The number of rotatable bonds is 8. The molecule has 0 radical (unpaired) electrons. The third-order valence-corrected chi connectivity index (χ3v) is 8.81. The van der Waals surface area contributed by atoms with Crippen molar-refractivity contribution in [2.45, 2.75) is 108 Å². The van der Waals surface area contributed by atoms with E-state index >= 15 is 0 Å². The van der Waals surface area contributed by atoms with Crippen LogP contribution in [0, 0.1) is 5.92 Å². The van der Waals surface area contributed by atoms with E-state index in [1.54, 1.807) is 6.20 Å². The summed E-state index contributed by atoms with van der Waals surface area (Å²) < 4.78 is 0. The maximum atomic E-state index is 13.5. The largest absolute Gasteiger partial charge is 0.383 e. The van der Waals surface area contributed by atoms with Crippen LogP contribution >= 0.6 is 12.4 Å². The van der Waals surface area contributed by atoms with Gasteiger partial charge in [0.2, 0.25) is 11.8 Å². The van der Waals surface area contributed by atoms with Crippen LogP contribution in [0.25, 0.3) is 10.8 Å². The lowest BCUT2D eigenvalue weighted by Gasteiger charge is -2.31. The quantitative estimate of drug-likeness (QED) is 0.429. The number of carbonyl (C=O) groups is 2. The number of amides is 2. The average Bonchev–Trinajstić information content (AvgIpc) is 3.38. The molecule has 5 rings (SSSR count). The molecule has 3 aliphatic rings. The molecule has 2 aromatic rings. The Hall–Kier alpha value is -2.22. The molecule has 1 saturated heterocycles. The second-order valence-corrected chi connectivity index (χ2v) is 11.5. The van der Waals surface area contributed by atoms with E-state index in [-0.39, 0.29) is 36.3 Å². The second-order valence-electron chi connectivity index (χ2n) is 11.5. The van der Waals surface area contributed by atoms with Crippen molar-refractivity contribution in [2.75, 3.05) is 12.3 Å². The van der Waals surface area contributed by atoms with Gasteiger partial charge in [-0.1, -0.05) is 63.5 Å². The summed E-state index contributed by atoms with van der Waals surface area (Å²) in [6.45, 7) is 1.53. The molecule has 3 fully saturated rings. The maximum absolute atomic E-state index is 13.5. The fourth-order valence-corrected chi connectivity index (χ4v) is 6.75. The molecule has 208 valence electrons.